The number of methoxy groups -OCH3 is 1. The number of allylic oxidation sites excluding steroid dienone is 2. The Morgan fingerprint density at radius 2 is 2.14 bits per heavy atom. The average molecular weight is 610 g/mol. The summed E-state index contributed by atoms with van der Waals surface area (Å²) in [6, 6.07) is 1.93. The second kappa shape index (κ2) is 14.7. The molecule has 3 atom stereocenters. The first-order valence-corrected chi connectivity index (χ1v) is 15.5. The van der Waals surface area contributed by atoms with E-state index in [1.165, 1.54) is 4.57 Å². The van der Waals surface area contributed by atoms with Crippen molar-refractivity contribution < 1.29 is 18.8 Å². The van der Waals surface area contributed by atoms with E-state index in [0.29, 0.717) is 43.6 Å². The van der Waals surface area contributed by atoms with Crippen molar-refractivity contribution in [3.05, 3.63) is 57.2 Å². The van der Waals surface area contributed by atoms with Crippen molar-refractivity contribution in [1.82, 2.24) is 20.0 Å². The van der Waals surface area contributed by atoms with Crippen LogP contribution in [0, 0.1) is 18.3 Å². The molecule has 2 aromatic heterocycles. The first-order valence-electron chi connectivity index (χ1n) is 15.5. The van der Waals surface area contributed by atoms with Gasteiger partial charge in [-0.05, 0) is 57.4 Å². The zero-order chi connectivity index (χ0) is 31.9. The maximum Gasteiger partial charge on any atom is 0.407 e. The van der Waals surface area contributed by atoms with Crippen LogP contribution in [-0.2, 0) is 21.9 Å². The number of amides is 1. The number of nitrogens with one attached hydrogen (secondary N) is 3. The lowest BCUT2D eigenvalue weighted by Gasteiger charge is -2.46. The normalized spacial score (nSPS) is 20.6. The number of alkyl carbamates (subject to hydrolysis) is 1. The lowest BCUT2D eigenvalue weighted by atomic mass is 9.68. The Bertz CT molecular complexity index is 1440. The third-order valence-corrected chi connectivity index (χ3v) is 8.72. The molecule has 0 saturated carbocycles. The number of aryl methyl sites for hydroxylation is 1. The van der Waals surface area contributed by atoms with Crippen molar-refractivity contribution in [2.45, 2.75) is 77.9 Å². The van der Waals surface area contributed by atoms with Crippen LogP contribution in [0.1, 0.15) is 76.3 Å². The molecule has 2 aliphatic rings. The van der Waals surface area contributed by atoms with Gasteiger partial charge in [0, 0.05) is 51.0 Å². The van der Waals surface area contributed by atoms with Crippen molar-refractivity contribution in [2.24, 2.45) is 13.0 Å². The van der Waals surface area contributed by atoms with E-state index in [1.807, 2.05) is 19.1 Å². The number of hydrogen-bond acceptors (Lipinski definition) is 10. The Hall–Kier alpha value is -3.93. The highest BCUT2D eigenvalue weighted by Gasteiger charge is 2.45. The van der Waals surface area contributed by atoms with Crippen LogP contribution < -0.4 is 21.1 Å². The van der Waals surface area contributed by atoms with Crippen molar-refractivity contribution in [3.8, 4) is 0 Å². The summed E-state index contributed by atoms with van der Waals surface area (Å²) in [6.45, 7) is 9.31. The molecule has 0 radical (unpaired) electrons. The molecule has 44 heavy (non-hydrogen) atoms. The third-order valence-electron chi connectivity index (χ3n) is 8.72. The second-order valence-electron chi connectivity index (χ2n) is 11.9. The van der Waals surface area contributed by atoms with Gasteiger partial charge in [-0.3, -0.25) is 9.36 Å². The van der Waals surface area contributed by atoms with Gasteiger partial charge >= 0.3 is 6.09 Å². The molecular weight excluding hydrogens is 562 g/mol. The Morgan fingerprint density at radius 3 is 2.75 bits per heavy atom. The summed E-state index contributed by atoms with van der Waals surface area (Å²) in [5.41, 5.74) is 1.32. The number of nitrogens with zero attached hydrogens (tertiary/aromatic N) is 4. The van der Waals surface area contributed by atoms with E-state index >= 15 is 0 Å². The maximum atomic E-state index is 13.5. The summed E-state index contributed by atoms with van der Waals surface area (Å²) in [7, 11) is 3.31. The molecule has 240 valence electrons. The molecule has 1 fully saturated rings. The van der Waals surface area contributed by atoms with Gasteiger partial charge in [0.2, 0.25) is 5.95 Å². The Balaban J connectivity index is 1.57. The average Bonchev–Trinajstić information content (AvgIpc) is 3.46. The number of rotatable bonds is 13. The monoisotopic (exact) mass is 609 g/mol. The summed E-state index contributed by atoms with van der Waals surface area (Å²) in [4.78, 5) is 33.3. The zero-order valence-corrected chi connectivity index (χ0v) is 26.9. The maximum absolute atomic E-state index is 13.5. The standard InChI is InChI=1S/C32H47N7O5/c1-7-8-14-26(42-6)35-28-27(23(4)33)29(40)38(5)30(36-28)39-16-15-32(21(2)18-39,25-17-22(3)44-37-25)20-34-31(41)43-19-24-12-10-9-11-13-24/h10,12-13,17,21,26,33,35H,7-9,11,14-16,18-20H2,1-6H3,(H,34,41). The Morgan fingerprint density at radius 1 is 1.34 bits per heavy atom. The van der Waals surface area contributed by atoms with E-state index in [9.17, 15) is 9.59 Å². The number of aromatic nitrogens is 3. The first-order chi connectivity index (χ1) is 21.1. The number of carbonyl (C=O) groups excluding carboxylic acids is 1. The van der Waals surface area contributed by atoms with Gasteiger partial charge in [-0.2, -0.15) is 4.98 Å². The number of piperidine rings is 1. The lowest BCUT2D eigenvalue weighted by molar-refractivity contribution is 0.115. The molecule has 3 N–H and O–H groups in total. The van der Waals surface area contributed by atoms with Gasteiger partial charge in [0.15, 0.2) is 0 Å². The van der Waals surface area contributed by atoms with Gasteiger partial charge in [-0.25, -0.2) is 4.79 Å². The van der Waals surface area contributed by atoms with Gasteiger partial charge in [-0.1, -0.05) is 43.7 Å². The van der Waals surface area contributed by atoms with Gasteiger partial charge in [0.05, 0.1) is 5.69 Å². The molecule has 1 aliphatic heterocycles. The Labute approximate surface area is 259 Å². The largest absolute Gasteiger partial charge is 0.445 e. The van der Waals surface area contributed by atoms with E-state index in [4.69, 9.17) is 24.4 Å². The second-order valence-corrected chi connectivity index (χ2v) is 11.9. The van der Waals surface area contributed by atoms with Crippen LogP contribution in [0.4, 0.5) is 16.6 Å². The quantitative estimate of drug-likeness (QED) is 0.215. The van der Waals surface area contributed by atoms with E-state index in [0.717, 1.165) is 43.4 Å². The van der Waals surface area contributed by atoms with Gasteiger partial charge in [-0.15, -0.1) is 0 Å². The van der Waals surface area contributed by atoms with Gasteiger partial charge in [0.1, 0.15) is 30.0 Å². The van der Waals surface area contributed by atoms with Crippen LogP contribution in [-0.4, -0.2) is 66.1 Å². The fourth-order valence-corrected chi connectivity index (χ4v) is 6.01. The minimum absolute atomic E-state index is 0.0150. The summed E-state index contributed by atoms with van der Waals surface area (Å²) in [5, 5.41) is 19.0. The predicted molar refractivity (Wildman–Crippen MR) is 171 cm³/mol. The van der Waals surface area contributed by atoms with Crippen LogP contribution in [0.5, 0.6) is 0 Å². The van der Waals surface area contributed by atoms with Crippen LogP contribution in [0.2, 0.25) is 0 Å². The summed E-state index contributed by atoms with van der Waals surface area (Å²) < 4.78 is 18.1. The van der Waals surface area contributed by atoms with Crippen LogP contribution >= 0.6 is 0 Å². The molecule has 3 unspecified atom stereocenters. The van der Waals surface area contributed by atoms with Crippen LogP contribution in [0.25, 0.3) is 0 Å². The van der Waals surface area contributed by atoms with Crippen molar-refractivity contribution in [2.75, 3.05) is 43.6 Å². The van der Waals surface area contributed by atoms with E-state index < -0.39 is 11.5 Å². The number of unbranched alkanes of at least 4 members (excludes halogenated alkanes) is 1. The molecule has 12 nitrogen and oxygen atoms in total. The molecular formula is C32H47N7O5. The summed E-state index contributed by atoms with van der Waals surface area (Å²) in [6.07, 6.45) is 10.6. The fourth-order valence-electron chi connectivity index (χ4n) is 6.01. The van der Waals surface area contributed by atoms with E-state index in [1.54, 1.807) is 21.1 Å². The molecule has 1 aliphatic carbocycles. The zero-order valence-electron chi connectivity index (χ0n) is 26.9. The molecule has 2 aromatic rings. The molecule has 0 bridgehead atoms. The molecule has 1 saturated heterocycles. The fraction of sp³-hybridized carbons (Fsp3) is 0.594. The van der Waals surface area contributed by atoms with Crippen LogP contribution in [0.3, 0.4) is 0 Å². The number of anilines is 2. The lowest BCUT2D eigenvalue weighted by Crippen LogP contribution is -2.55. The Kier molecular flexibility index (Phi) is 11.0. The topological polar surface area (TPSA) is 148 Å². The van der Waals surface area contributed by atoms with Crippen molar-refractivity contribution in [1.29, 1.82) is 5.41 Å². The summed E-state index contributed by atoms with van der Waals surface area (Å²) in [5.74, 6) is 1.54. The molecule has 12 heteroatoms. The highest BCUT2D eigenvalue weighted by Crippen LogP contribution is 2.40. The van der Waals surface area contributed by atoms with E-state index in [-0.39, 0.29) is 35.6 Å². The molecule has 0 spiro atoms. The first kappa shape index (κ1) is 33.0. The van der Waals surface area contributed by atoms with Crippen LogP contribution in [0.15, 0.2) is 39.2 Å². The van der Waals surface area contributed by atoms with Crippen molar-refractivity contribution >= 4 is 23.6 Å². The number of hydrogen-bond donors (Lipinski definition) is 3. The summed E-state index contributed by atoms with van der Waals surface area (Å²) >= 11 is 0. The predicted octanol–water partition coefficient (Wildman–Crippen LogP) is 4.83. The number of carbonyl (C=O) groups is 1. The third kappa shape index (κ3) is 7.40. The highest BCUT2D eigenvalue weighted by molar-refractivity contribution is 6.00. The highest BCUT2D eigenvalue weighted by atomic mass is 16.5. The molecule has 3 heterocycles. The van der Waals surface area contributed by atoms with Gasteiger partial charge in [0.25, 0.3) is 5.56 Å². The molecule has 4 rings (SSSR count). The minimum atomic E-state index is -0.524. The van der Waals surface area contributed by atoms with E-state index in [2.05, 4.69) is 46.7 Å². The smallest absolute Gasteiger partial charge is 0.407 e. The van der Waals surface area contributed by atoms with Gasteiger partial charge < -0.3 is 34.9 Å². The minimum Gasteiger partial charge on any atom is -0.445 e. The molecule has 1 amide bonds. The molecule has 0 aromatic carbocycles. The van der Waals surface area contributed by atoms with Crippen molar-refractivity contribution in [3.63, 3.8) is 0 Å². The number of ether oxygens (including phenoxy) is 2. The SMILES string of the molecule is CCCCC(Nc1nc(N2CCC(CNC(=O)OCC3=CCCC=C3)(c3cc(C)on3)C(C)C2)n(C)c(=O)c1C(C)=N)OC.